The molecule has 2 heterocycles. The lowest BCUT2D eigenvalue weighted by atomic mass is 10.3. The predicted octanol–water partition coefficient (Wildman–Crippen LogP) is 2.33. The van der Waals surface area contributed by atoms with Crippen molar-refractivity contribution in [3.05, 3.63) is 34.4 Å². The zero-order valence-corrected chi connectivity index (χ0v) is 14.3. The Hall–Kier alpha value is -2.52. The average molecular weight is 369 g/mol. The highest BCUT2D eigenvalue weighted by atomic mass is 35.5. The van der Waals surface area contributed by atoms with Gasteiger partial charge in [-0.3, -0.25) is 9.59 Å². The van der Waals surface area contributed by atoms with Gasteiger partial charge >= 0.3 is 5.97 Å². The monoisotopic (exact) mass is 368 g/mol. The molecule has 0 aliphatic rings. The summed E-state index contributed by atoms with van der Waals surface area (Å²) < 4.78 is 5.04. The van der Waals surface area contributed by atoms with Gasteiger partial charge in [-0.15, -0.1) is 11.3 Å². The summed E-state index contributed by atoms with van der Waals surface area (Å²) in [5.74, 6) is -1.33. The van der Waals surface area contributed by atoms with E-state index >= 15 is 0 Å². The van der Waals surface area contributed by atoms with Gasteiger partial charge < -0.3 is 15.4 Å². The van der Waals surface area contributed by atoms with Crippen molar-refractivity contribution in [1.82, 2.24) is 9.97 Å². The number of pyridine rings is 1. The second-order valence-corrected chi connectivity index (χ2v) is 5.91. The molecule has 2 N–H and O–H groups in total. The van der Waals surface area contributed by atoms with Crippen LogP contribution in [-0.4, -0.2) is 33.9 Å². The molecule has 1 atom stereocenters. The number of halogens is 1. The van der Waals surface area contributed by atoms with Crippen LogP contribution >= 0.6 is 22.9 Å². The van der Waals surface area contributed by atoms with Crippen LogP contribution in [0.4, 0.5) is 10.9 Å². The van der Waals surface area contributed by atoms with E-state index in [1.807, 2.05) is 0 Å². The van der Waals surface area contributed by atoms with Crippen LogP contribution in [0.1, 0.15) is 24.3 Å². The number of hydrogen-bond donors (Lipinski definition) is 2. The smallest absolute Gasteiger partial charge is 0.358 e. The molecule has 24 heavy (non-hydrogen) atoms. The van der Waals surface area contributed by atoms with Crippen LogP contribution in [0.5, 0.6) is 0 Å². The molecule has 2 rings (SSSR count). The van der Waals surface area contributed by atoms with Crippen LogP contribution in [-0.2, 0) is 14.3 Å². The van der Waals surface area contributed by atoms with Crippen LogP contribution in [0, 0.1) is 0 Å². The number of carbonyl (C=O) groups is 3. The molecule has 2 aromatic heterocycles. The molecule has 10 heteroatoms. The molecule has 2 amide bonds. The number of aromatic nitrogens is 2. The van der Waals surface area contributed by atoms with Crippen LogP contribution in [0.3, 0.4) is 0 Å². The molecular formula is C14H13ClN4O4S. The van der Waals surface area contributed by atoms with E-state index in [0.29, 0.717) is 5.02 Å². The average Bonchev–Trinajstić information content (AvgIpc) is 2.97. The molecule has 1 unspecified atom stereocenters. The molecule has 8 nitrogen and oxygen atoms in total. The fourth-order valence-corrected chi connectivity index (χ4v) is 2.37. The van der Waals surface area contributed by atoms with Gasteiger partial charge in [-0.05, 0) is 19.1 Å². The molecule has 0 aromatic carbocycles. The van der Waals surface area contributed by atoms with Crippen LogP contribution in [0.15, 0.2) is 23.7 Å². The Kier molecular flexibility index (Phi) is 5.83. The number of amides is 2. The van der Waals surface area contributed by atoms with Gasteiger partial charge in [0, 0.05) is 18.5 Å². The third kappa shape index (κ3) is 5.00. The van der Waals surface area contributed by atoms with Gasteiger partial charge in [-0.1, -0.05) is 11.6 Å². The highest BCUT2D eigenvalue weighted by molar-refractivity contribution is 7.14. The standard InChI is InChI=1S/C14H13ClN4O4S/c1-7(12(21)19-11-4-3-9(15)5-16-11)23-13(22)10-6-24-14(18-10)17-8(2)20/h3-7H,1-2H3,(H,16,19,21)(H,17,18,20). The molecule has 0 bridgehead atoms. The first-order chi connectivity index (χ1) is 11.3. The maximum Gasteiger partial charge on any atom is 0.358 e. The summed E-state index contributed by atoms with van der Waals surface area (Å²) in [5, 5.41) is 7.09. The van der Waals surface area contributed by atoms with Gasteiger partial charge in [-0.2, -0.15) is 0 Å². The number of rotatable bonds is 5. The SMILES string of the molecule is CC(=O)Nc1nc(C(=O)OC(C)C(=O)Nc2ccc(Cl)cn2)cs1. The first-order valence-electron chi connectivity index (χ1n) is 6.71. The van der Waals surface area contributed by atoms with E-state index < -0.39 is 18.0 Å². The lowest BCUT2D eigenvalue weighted by Gasteiger charge is -2.12. The second-order valence-electron chi connectivity index (χ2n) is 4.62. The summed E-state index contributed by atoms with van der Waals surface area (Å²) in [4.78, 5) is 42.7. The van der Waals surface area contributed by atoms with E-state index in [9.17, 15) is 14.4 Å². The zero-order valence-electron chi connectivity index (χ0n) is 12.7. The minimum absolute atomic E-state index is 0.00742. The van der Waals surface area contributed by atoms with E-state index in [1.165, 1.54) is 31.5 Å². The lowest BCUT2D eigenvalue weighted by molar-refractivity contribution is -0.123. The van der Waals surface area contributed by atoms with Gasteiger partial charge in [0.2, 0.25) is 5.91 Å². The third-order valence-electron chi connectivity index (χ3n) is 2.63. The maximum absolute atomic E-state index is 12.0. The molecule has 0 saturated carbocycles. The van der Waals surface area contributed by atoms with Crippen molar-refractivity contribution in [2.45, 2.75) is 20.0 Å². The predicted molar refractivity (Wildman–Crippen MR) is 89.2 cm³/mol. The van der Waals surface area contributed by atoms with Gasteiger partial charge in [0.25, 0.3) is 5.91 Å². The van der Waals surface area contributed by atoms with Crippen molar-refractivity contribution in [1.29, 1.82) is 0 Å². The molecule has 0 aliphatic carbocycles. The van der Waals surface area contributed by atoms with Crippen LogP contribution in [0.25, 0.3) is 0 Å². The number of hydrogen-bond acceptors (Lipinski definition) is 7. The first-order valence-corrected chi connectivity index (χ1v) is 7.97. The Bertz CT molecular complexity index is 762. The first kappa shape index (κ1) is 17.8. The molecular weight excluding hydrogens is 356 g/mol. The quantitative estimate of drug-likeness (QED) is 0.784. The van der Waals surface area contributed by atoms with Crippen molar-refractivity contribution in [2.24, 2.45) is 0 Å². The number of thiazole rings is 1. The topological polar surface area (TPSA) is 110 Å². The Morgan fingerprint density at radius 1 is 1.29 bits per heavy atom. The van der Waals surface area contributed by atoms with E-state index in [-0.39, 0.29) is 22.6 Å². The van der Waals surface area contributed by atoms with Crippen molar-refractivity contribution in [2.75, 3.05) is 10.6 Å². The summed E-state index contributed by atoms with van der Waals surface area (Å²) in [6, 6.07) is 3.09. The number of anilines is 2. The minimum atomic E-state index is -1.05. The summed E-state index contributed by atoms with van der Waals surface area (Å²) in [6.45, 7) is 2.75. The highest BCUT2D eigenvalue weighted by Gasteiger charge is 2.21. The van der Waals surface area contributed by atoms with E-state index in [0.717, 1.165) is 11.3 Å². The lowest BCUT2D eigenvalue weighted by Crippen LogP contribution is -2.30. The third-order valence-corrected chi connectivity index (χ3v) is 3.61. The van der Waals surface area contributed by atoms with E-state index in [2.05, 4.69) is 20.6 Å². The molecule has 0 aliphatic heterocycles. The maximum atomic E-state index is 12.0. The Morgan fingerprint density at radius 2 is 2.04 bits per heavy atom. The molecule has 0 saturated heterocycles. The van der Waals surface area contributed by atoms with Crippen molar-refractivity contribution < 1.29 is 19.1 Å². The number of nitrogens with zero attached hydrogens (tertiary/aromatic N) is 2. The highest BCUT2D eigenvalue weighted by Crippen LogP contribution is 2.17. The second kappa shape index (κ2) is 7.84. The Morgan fingerprint density at radius 3 is 2.67 bits per heavy atom. The van der Waals surface area contributed by atoms with Crippen molar-refractivity contribution >= 4 is 51.7 Å². The van der Waals surface area contributed by atoms with Crippen LogP contribution < -0.4 is 10.6 Å². The Labute approximate surface area is 146 Å². The number of carbonyl (C=O) groups excluding carboxylic acids is 3. The molecule has 0 radical (unpaired) electrons. The van der Waals surface area contributed by atoms with Crippen LogP contribution in [0.2, 0.25) is 5.02 Å². The Balaban J connectivity index is 1.92. The van der Waals surface area contributed by atoms with Crippen molar-refractivity contribution in [3.63, 3.8) is 0 Å². The largest absolute Gasteiger partial charge is 0.448 e. The molecule has 0 spiro atoms. The number of esters is 1. The van der Waals surface area contributed by atoms with E-state index in [1.54, 1.807) is 6.07 Å². The number of nitrogens with one attached hydrogen (secondary N) is 2. The normalized spacial score (nSPS) is 11.5. The van der Waals surface area contributed by atoms with Gasteiger partial charge in [0.15, 0.2) is 16.9 Å². The number of ether oxygens (including phenoxy) is 1. The van der Waals surface area contributed by atoms with E-state index in [4.69, 9.17) is 16.3 Å². The fourth-order valence-electron chi connectivity index (χ4n) is 1.53. The molecule has 126 valence electrons. The molecule has 0 fully saturated rings. The zero-order chi connectivity index (χ0) is 17.7. The van der Waals surface area contributed by atoms with Gasteiger partial charge in [-0.25, -0.2) is 14.8 Å². The van der Waals surface area contributed by atoms with Gasteiger partial charge in [0.1, 0.15) is 5.82 Å². The van der Waals surface area contributed by atoms with Gasteiger partial charge in [0.05, 0.1) is 5.02 Å². The van der Waals surface area contributed by atoms with Crippen molar-refractivity contribution in [3.8, 4) is 0 Å². The molecule has 2 aromatic rings. The summed E-state index contributed by atoms with van der Waals surface area (Å²) in [5.41, 5.74) is 0.00742. The fraction of sp³-hybridized carbons (Fsp3) is 0.214. The minimum Gasteiger partial charge on any atom is -0.448 e. The summed E-state index contributed by atoms with van der Waals surface area (Å²) in [7, 11) is 0. The summed E-state index contributed by atoms with van der Waals surface area (Å²) in [6.07, 6.45) is 0.327. The summed E-state index contributed by atoms with van der Waals surface area (Å²) >= 11 is 6.78.